The average Bonchev–Trinajstić information content (AvgIpc) is 2.73. The predicted molar refractivity (Wildman–Crippen MR) is 75.8 cm³/mol. The summed E-state index contributed by atoms with van der Waals surface area (Å²) in [6.07, 6.45) is 0. The van der Waals surface area contributed by atoms with Crippen LogP contribution in [0.5, 0.6) is 0 Å². The zero-order valence-corrected chi connectivity index (χ0v) is 12.0. The zero-order chi connectivity index (χ0) is 14.0. The normalized spacial score (nSPS) is 10.5. The van der Waals surface area contributed by atoms with E-state index in [9.17, 15) is 9.59 Å². The minimum absolute atomic E-state index is 0.273. The van der Waals surface area contributed by atoms with Gasteiger partial charge in [-0.3, -0.25) is 4.79 Å². The van der Waals surface area contributed by atoms with Crippen LogP contribution in [-0.4, -0.2) is 37.5 Å². The fraction of sp³-hybridized carbons (Fsp3) is 0.231. The molecule has 0 saturated heterocycles. The van der Waals surface area contributed by atoms with Crippen molar-refractivity contribution >= 4 is 44.9 Å². The second-order valence-electron chi connectivity index (χ2n) is 4.11. The average molecular weight is 298 g/mol. The van der Waals surface area contributed by atoms with Crippen molar-refractivity contribution in [3.63, 3.8) is 0 Å². The molecule has 1 aromatic heterocycles. The van der Waals surface area contributed by atoms with Crippen molar-refractivity contribution in [2.45, 2.75) is 0 Å². The smallest absolute Gasteiger partial charge is 0.350 e. The van der Waals surface area contributed by atoms with Crippen LogP contribution in [0.25, 0.3) is 10.1 Å². The molecule has 0 aliphatic carbocycles. The molecular formula is C13H12ClNO3S. The molecule has 0 spiro atoms. The number of thiophene rings is 1. The molecule has 0 saturated carbocycles. The van der Waals surface area contributed by atoms with Gasteiger partial charge in [-0.25, -0.2) is 4.79 Å². The van der Waals surface area contributed by atoms with E-state index in [0.717, 1.165) is 10.1 Å². The Hall–Kier alpha value is -1.59. The van der Waals surface area contributed by atoms with Crippen LogP contribution in [-0.2, 0) is 9.53 Å². The van der Waals surface area contributed by atoms with Crippen LogP contribution in [0.3, 0.4) is 0 Å². The van der Waals surface area contributed by atoms with Gasteiger partial charge < -0.3 is 9.64 Å². The monoisotopic (exact) mass is 297 g/mol. The second-order valence-corrected chi connectivity index (χ2v) is 5.54. The van der Waals surface area contributed by atoms with E-state index in [4.69, 9.17) is 16.3 Å². The van der Waals surface area contributed by atoms with Crippen molar-refractivity contribution in [2.75, 3.05) is 20.7 Å². The number of rotatable bonds is 3. The van der Waals surface area contributed by atoms with Gasteiger partial charge in [0.2, 0.25) is 0 Å². The molecule has 1 amide bonds. The summed E-state index contributed by atoms with van der Waals surface area (Å²) in [5.74, 6) is -0.841. The van der Waals surface area contributed by atoms with Gasteiger partial charge >= 0.3 is 5.97 Å². The minimum atomic E-state index is -0.568. The van der Waals surface area contributed by atoms with Gasteiger partial charge in [-0.1, -0.05) is 29.8 Å². The summed E-state index contributed by atoms with van der Waals surface area (Å²) in [5.41, 5.74) is 0. The number of benzene rings is 1. The summed E-state index contributed by atoms with van der Waals surface area (Å²) in [7, 11) is 3.20. The van der Waals surface area contributed by atoms with E-state index in [0.29, 0.717) is 9.90 Å². The molecule has 0 unspecified atom stereocenters. The molecule has 2 rings (SSSR count). The van der Waals surface area contributed by atoms with Crippen molar-refractivity contribution in [3.05, 3.63) is 34.2 Å². The lowest BCUT2D eigenvalue weighted by Gasteiger charge is -2.09. The number of fused-ring (bicyclic) bond motifs is 1. The number of esters is 1. The standard InChI is InChI=1S/C13H12ClNO3S/c1-15(2)10(16)7-18-13(17)12-11(14)8-5-3-4-6-9(8)19-12/h3-6H,7H2,1-2H3. The maximum Gasteiger partial charge on any atom is 0.350 e. The van der Waals surface area contributed by atoms with E-state index < -0.39 is 5.97 Å². The van der Waals surface area contributed by atoms with Crippen molar-refractivity contribution in [3.8, 4) is 0 Å². The fourth-order valence-electron chi connectivity index (χ4n) is 1.47. The van der Waals surface area contributed by atoms with Gasteiger partial charge in [-0.05, 0) is 6.07 Å². The van der Waals surface area contributed by atoms with Crippen LogP contribution in [0.4, 0.5) is 0 Å². The van der Waals surface area contributed by atoms with Gasteiger partial charge in [0.1, 0.15) is 4.88 Å². The Labute approximate surface area is 119 Å². The molecule has 0 fully saturated rings. The number of likely N-dealkylation sites (N-methyl/N-ethyl adjacent to an activating group) is 1. The number of ether oxygens (including phenoxy) is 1. The van der Waals surface area contributed by atoms with Crippen LogP contribution >= 0.6 is 22.9 Å². The summed E-state index contributed by atoms with van der Waals surface area (Å²) >= 11 is 7.40. The minimum Gasteiger partial charge on any atom is -0.451 e. The highest BCUT2D eigenvalue weighted by atomic mass is 35.5. The number of carbonyl (C=O) groups is 2. The molecule has 100 valence electrons. The topological polar surface area (TPSA) is 46.6 Å². The largest absolute Gasteiger partial charge is 0.451 e. The van der Waals surface area contributed by atoms with Gasteiger partial charge in [-0.2, -0.15) is 0 Å². The number of hydrogen-bond acceptors (Lipinski definition) is 4. The SMILES string of the molecule is CN(C)C(=O)COC(=O)c1sc2ccccc2c1Cl. The molecule has 19 heavy (non-hydrogen) atoms. The molecule has 6 heteroatoms. The van der Waals surface area contributed by atoms with E-state index in [1.54, 1.807) is 14.1 Å². The molecule has 1 heterocycles. The van der Waals surface area contributed by atoms with Crippen molar-refractivity contribution < 1.29 is 14.3 Å². The third-order valence-corrected chi connectivity index (χ3v) is 4.20. The third kappa shape index (κ3) is 2.88. The molecule has 0 radical (unpaired) electrons. The van der Waals surface area contributed by atoms with E-state index in [2.05, 4.69) is 0 Å². The number of carbonyl (C=O) groups excluding carboxylic acids is 2. The first-order valence-corrected chi connectivity index (χ1v) is 6.74. The molecule has 4 nitrogen and oxygen atoms in total. The maximum absolute atomic E-state index is 11.9. The quantitative estimate of drug-likeness (QED) is 0.819. The molecule has 2 aromatic rings. The van der Waals surface area contributed by atoms with Gasteiger partial charge in [-0.15, -0.1) is 11.3 Å². The van der Waals surface area contributed by atoms with Gasteiger partial charge in [0.25, 0.3) is 5.91 Å². The second kappa shape index (κ2) is 5.59. The van der Waals surface area contributed by atoms with E-state index >= 15 is 0 Å². The summed E-state index contributed by atoms with van der Waals surface area (Å²) in [6, 6.07) is 7.45. The number of amides is 1. The van der Waals surface area contributed by atoms with Gasteiger partial charge in [0.05, 0.1) is 5.02 Å². The van der Waals surface area contributed by atoms with Gasteiger partial charge in [0.15, 0.2) is 6.61 Å². The first-order valence-electron chi connectivity index (χ1n) is 5.55. The summed E-state index contributed by atoms with van der Waals surface area (Å²) in [5, 5.41) is 1.20. The summed E-state index contributed by atoms with van der Waals surface area (Å²) < 4.78 is 5.87. The highest BCUT2D eigenvalue weighted by Gasteiger charge is 2.19. The number of nitrogens with zero attached hydrogens (tertiary/aromatic N) is 1. The fourth-order valence-corrected chi connectivity index (χ4v) is 2.87. The molecule has 0 atom stereocenters. The van der Waals surface area contributed by atoms with Crippen LogP contribution < -0.4 is 0 Å². The number of hydrogen-bond donors (Lipinski definition) is 0. The highest BCUT2D eigenvalue weighted by molar-refractivity contribution is 7.21. The Morgan fingerprint density at radius 1 is 1.32 bits per heavy atom. The van der Waals surface area contributed by atoms with Gasteiger partial charge in [0, 0.05) is 24.2 Å². The Balaban J connectivity index is 2.18. The number of halogens is 1. The Kier molecular flexibility index (Phi) is 4.07. The van der Waals surface area contributed by atoms with Crippen molar-refractivity contribution in [2.24, 2.45) is 0 Å². The zero-order valence-electron chi connectivity index (χ0n) is 10.5. The van der Waals surface area contributed by atoms with Crippen LogP contribution in [0.1, 0.15) is 9.67 Å². The van der Waals surface area contributed by atoms with E-state index in [1.165, 1.54) is 16.2 Å². The third-order valence-electron chi connectivity index (χ3n) is 2.55. The molecular weight excluding hydrogens is 286 g/mol. The summed E-state index contributed by atoms with van der Waals surface area (Å²) in [4.78, 5) is 24.9. The Bertz CT molecular complexity index is 636. The van der Waals surface area contributed by atoms with Crippen LogP contribution in [0, 0.1) is 0 Å². The van der Waals surface area contributed by atoms with E-state index in [-0.39, 0.29) is 12.5 Å². The summed E-state index contributed by atoms with van der Waals surface area (Å²) in [6.45, 7) is -0.281. The molecule has 0 bridgehead atoms. The maximum atomic E-state index is 11.9. The lowest BCUT2D eigenvalue weighted by Crippen LogP contribution is -2.27. The molecule has 0 N–H and O–H groups in total. The first kappa shape index (κ1) is 13.8. The van der Waals surface area contributed by atoms with Crippen LogP contribution in [0.15, 0.2) is 24.3 Å². The molecule has 0 aliphatic heterocycles. The lowest BCUT2D eigenvalue weighted by molar-refractivity contribution is -0.131. The van der Waals surface area contributed by atoms with E-state index in [1.807, 2.05) is 24.3 Å². The van der Waals surface area contributed by atoms with Crippen molar-refractivity contribution in [1.82, 2.24) is 4.90 Å². The van der Waals surface area contributed by atoms with Crippen LogP contribution in [0.2, 0.25) is 5.02 Å². The predicted octanol–water partition coefficient (Wildman–Crippen LogP) is 2.80. The lowest BCUT2D eigenvalue weighted by atomic mass is 10.2. The molecule has 0 aliphatic rings. The highest BCUT2D eigenvalue weighted by Crippen LogP contribution is 2.35. The first-order chi connectivity index (χ1) is 9.00. The molecule has 1 aromatic carbocycles. The Morgan fingerprint density at radius 3 is 2.63 bits per heavy atom. The van der Waals surface area contributed by atoms with Crippen molar-refractivity contribution in [1.29, 1.82) is 0 Å². The Morgan fingerprint density at radius 2 is 2.00 bits per heavy atom.